The molecule has 4 amide bonds. The molecule has 1 fully saturated rings. The Labute approximate surface area is 176 Å². The van der Waals surface area contributed by atoms with Crippen molar-refractivity contribution in [2.45, 2.75) is 19.4 Å². The van der Waals surface area contributed by atoms with E-state index >= 15 is 0 Å². The molecule has 1 aliphatic rings. The Morgan fingerprint density at radius 3 is 2.50 bits per heavy atom. The monoisotopic (exact) mass is 439 g/mol. The number of urea groups is 1. The molecular formula is C19H16Cl3N3O3. The van der Waals surface area contributed by atoms with Crippen LogP contribution in [0.25, 0.3) is 0 Å². The number of hydrogen-bond acceptors (Lipinski definition) is 3. The SMILES string of the molecule is Cc1c(Cl)cccc1NC(=O)CN1C(=O)NC(C)(c2ccc(Cl)c(Cl)c2)C1=O. The highest BCUT2D eigenvalue weighted by Crippen LogP contribution is 2.33. The molecule has 1 heterocycles. The fourth-order valence-electron chi connectivity index (χ4n) is 2.92. The number of hydrogen-bond donors (Lipinski definition) is 2. The quantitative estimate of drug-likeness (QED) is 0.693. The lowest BCUT2D eigenvalue weighted by Gasteiger charge is -2.22. The van der Waals surface area contributed by atoms with Gasteiger partial charge in [-0.1, -0.05) is 46.9 Å². The van der Waals surface area contributed by atoms with Crippen LogP contribution in [0.5, 0.6) is 0 Å². The molecular weight excluding hydrogens is 425 g/mol. The number of halogens is 3. The molecule has 1 saturated heterocycles. The van der Waals surface area contributed by atoms with Gasteiger partial charge in [0.1, 0.15) is 12.1 Å². The van der Waals surface area contributed by atoms with Crippen LogP contribution in [0.2, 0.25) is 15.1 Å². The van der Waals surface area contributed by atoms with Gasteiger partial charge in [0.05, 0.1) is 10.0 Å². The third-order valence-electron chi connectivity index (χ3n) is 4.62. The maximum atomic E-state index is 12.9. The third-order valence-corrected chi connectivity index (χ3v) is 5.76. The number of carbonyl (C=O) groups is 3. The molecule has 2 aromatic carbocycles. The number of amides is 4. The van der Waals surface area contributed by atoms with E-state index in [1.807, 2.05) is 0 Å². The number of benzene rings is 2. The van der Waals surface area contributed by atoms with Crippen LogP contribution in [0.15, 0.2) is 36.4 Å². The van der Waals surface area contributed by atoms with Crippen LogP contribution in [-0.4, -0.2) is 29.3 Å². The molecule has 9 heteroatoms. The molecule has 0 saturated carbocycles. The average Bonchev–Trinajstić information content (AvgIpc) is 2.85. The van der Waals surface area contributed by atoms with Crippen LogP contribution < -0.4 is 10.6 Å². The van der Waals surface area contributed by atoms with Gasteiger partial charge in [0.2, 0.25) is 5.91 Å². The zero-order chi connectivity index (χ0) is 20.6. The fraction of sp³-hybridized carbons (Fsp3) is 0.211. The Morgan fingerprint density at radius 2 is 1.82 bits per heavy atom. The second-order valence-electron chi connectivity index (χ2n) is 6.54. The number of carbonyl (C=O) groups excluding carboxylic acids is 3. The summed E-state index contributed by atoms with van der Waals surface area (Å²) in [5.41, 5.74) is 0.318. The number of rotatable bonds is 4. The maximum absolute atomic E-state index is 12.9. The molecule has 1 unspecified atom stereocenters. The minimum atomic E-state index is -1.35. The first-order valence-corrected chi connectivity index (χ1v) is 9.41. The number of nitrogens with zero attached hydrogens (tertiary/aromatic N) is 1. The lowest BCUT2D eigenvalue weighted by atomic mass is 9.92. The molecule has 28 heavy (non-hydrogen) atoms. The van der Waals surface area contributed by atoms with Gasteiger partial charge in [-0.3, -0.25) is 14.5 Å². The normalized spacial score (nSPS) is 19.0. The van der Waals surface area contributed by atoms with Crippen molar-refractivity contribution in [3.8, 4) is 0 Å². The topological polar surface area (TPSA) is 78.5 Å². The smallest absolute Gasteiger partial charge is 0.324 e. The summed E-state index contributed by atoms with van der Waals surface area (Å²) < 4.78 is 0. The van der Waals surface area contributed by atoms with Gasteiger partial charge in [-0.25, -0.2) is 4.79 Å². The highest BCUT2D eigenvalue weighted by molar-refractivity contribution is 6.42. The van der Waals surface area contributed by atoms with Crippen molar-refractivity contribution in [3.05, 3.63) is 62.6 Å². The van der Waals surface area contributed by atoms with Gasteiger partial charge >= 0.3 is 6.03 Å². The van der Waals surface area contributed by atoms with Crippen molar-refractivity contribution in [2.75, 3.05) is 11.9 Å². The molecule has 6 nitrogen and oxygen atoms in total. The van der Waals surface area contributed by atoms with Gasteiger partial charge in [-0.15, -0.1) is 0 Å². The molecule has 2 aromatic rings. The number of imide groups is 1. The van der Waals surface area contributed by atoms with Crippen molar-refractivity contribution in [3.63, 3.8) is 0 Å². The minimum absolute atomic E-state index is 0.259. The zero-order valence-electron chi connectivity index (χ0n) is 15.0. The first kappa shape index (κ1) is 20.5. The molecule has 2 N–H and O–H groups in total. The molecule has 1 atom stereocenters. The van der Waals surface area contributed by atoms with Gasteiger partial charge in [-0.05, 0) is 49.2 Å². The van der Waals surface area contributed by atoms with E-state index in [4.69, 9.17) is 34.8 Å². The Hall–Kier alpha value is -2.28. The van der Waals surface area contributed by atoms with E-state index in [-0.39, 0.29) is 5.02 Å². The molecule has 1 aliphatic heterocycles. The standard InChI is InChI=1S/C19H16Cl3N3O3/c1-10-12(20)4-3-5-15(10)23-16(26)9-25-17(27)19(2,24-18(25)28)11-6-7-13(21)14(22)8-11/h3-8H,9H2,1-2H3,(H,23,26)(H,24,28). The van der Waals surface area contributed by atoms with Gasteiger partial charge in [0, 0.05) is 10.7 Å². The summed E-state index contributed by atoms with van der Waals surface area (Å²) in [7, 11) is 0. The average molecular weight is 441 g/mol. The van der Waals surface area contributed by atoms with E-state index in [1.54, 1.807) is 44.2 Å². The second-order valence-corrected chi connectivity index (χ2v) is 7.76. The third kappa shape index (κ3) is 3.68. The van der Waals surface area contributed by atoms with Crippen LogP contribution >= 0.6 is 34.8 Å². The second kappa shape index (κ2) is 7.62. The van der Waals surface area contributed by atoms with Crippen molar-refractivity contribution in [1.29, 1.82) is 0 Å². The summed E-state index contributed by atoms with van der Waals surface area (Å²) in [5, 5.41) is 6.38. The van der Waals surface area contributed by atoms with Crippen molar-refractivity contribution < 1.29 is 14.4 Å². The largest absolute Gasteiger partial charge is 0.325 e. The van der Waals surface area contributed by atoms with E-state index < -0.39 is 29.9 Å². The summed E-state index contributed by atoms with van der Waals surface area (Å²) in [6, 6.07) is 9.07. The summed E-state index contributed by atoms with van der Waals surface area (Å²) in [5.74, 6) is -1.08. The molecule has 0 aliphatic carbocycles. The summed E-state index contributed by atoms with van der Waals surface area (Å²) >= 11 is 18.0. The molecule has 3 rings (SSSR count). The van der Waals surface area contributed by atoms with Crippen molar-refractivity contribution >= 4 is 58.3 Å². The summed E-state index contributed by atoms with van der Waals surface area (Å²) in [4.78, 5) is 38.5. The number of nitrogens with one attached hydrogen (secondary N) is 2. The summed E-state index contributed by atoms with van der Waals surface area (Å²) in [6.45, 7) is 2.87. The number of anilines is 1. The van der Waals surface area contributed by atoms with Crippen molar-refractivity contribution in [1.82, 2.24) is 10.2 Å². The van der Waals surface area contributed by atoms with Gasteiger partial charge in [0.25, 0.3) is 5.91 Å². The fourth-order valence-corrected chi connectivity index (χ4v) is 3.39. The van der Waals surface area contributed by atoms with E-state index in [2.05, 4.69) is 10.6 Å². The van der Waals surface area contributed by atoms with Crippen LogP contribution in [-0.2, 0) is 15.1 Å². The van der Waals surface area contributed by atoms with Gasteiger partial charge in [0.15, 0.2) is 0 Å². The Kier molecular flexibility index (Phi) is 5.57. The Balaban J connectivity index is 1.79. The Bertz CT molecular complexity index is 996. The molecule has 0 aromatic heterocycles. The Morgan fingerprint density at radius 1 is 1.11 bits per heavy atom. The van der Waals surface area contributed by atoms with Crippen LogP contribution in [0, 0.1) is 6.92 Å². The van der Waals surface area contributed by atoms with E-state index in [1.165, 1.54) is 6.07 Å². The van der Waals surface area contributed by atoms with Crippen LogP contribution in [0.4, 0.5) is 10.5 Å². The zero-order valence-corrected chi connectivity index (χ0v) is 17.2. The molecule has 146 valence electrons. The van der Waals surface area contributed by atoms with E-state index in [0.29, 0.717) is 26.9 Å². The van der Waals surface area contributed by atoms with E-state index in [0.717, 1.165) is 4.90 Å². The van der Waals surface area contributed by atoms with Crippen molar-refractivity contribution in [2.24, 2.45) is 0 Å². The lowest BCUT2D eigenvalue weighted by Crippen LogP contribution is -2.42. The molecule has 0 radical (unpaired) electrons. The first-order valence-electron chi connectivity index (χ1n) is 8.28. The molecule has 0 spiro atoms. The summed E-state index contributed by atoms with van der Waals surface area (Å²) in [6.07, 6.45) is 0. The maximum Gasteiger partial charge on any atom is 0.325 e. The predicted octanol–water partition coefficient (Wildman–Crippen LogP) is 4.36. The molecule has 0 bridgehead atoms. The van der Waals surface area contributed by atoms with Gasteiger partial charge in [-0.2, -0.15) is 0 Å². The minimum Gasteiger partial charge on any atom is -0.324 e. The van der Waals surface area contributed by atoms with Gasteiger partial charge < -0.3 is 10.6 Å². The van der Waals surface area contributed by atoms with Crippen LogP contribution in [0.1, 0.15) is 18.1 Å². The van der Waals surface area contributed by atoms with E-state index in [9.17, 15) is 14.4 Å². The first-order chi connectivity index (χ1) is 13.1. The highest BCUT2D eigenvalue weighted by Gasteiger charge is 2.49. The lowest BCUT2D eigenvalue weighted by molar-refractivity contribution is -0.133. The highest BCUT2D eigenvalue weighted by atomic mass is 35.5. The predicted molar refractivity (Wildman–Crippen MR) is 109 cm³/mol. The van der Waals surface area contributed by atoms with Crippen LogP contribution in [0.3, 0.4) is 0 Å².